The number of nitrogens with one attached hydrogen (secondary N) is 3. The molecule has 4 amide bonds. The quantitative estimate of drug-likeness (QED) is 0.637. The largest absolute Gasteiger partial charge is 0.490 e. The highest BCUT2D eigenvalue weighted by Crippen LogP contribution is 2.32. The van der Waals surface area contributed by atoms with Gasteiger partial charge in [0, 0.05) is 19.8 Å². The lowest BCUT2D eigenvalue weighted by Gasteiger charge is -2.42. The highest BCUT2D eigenvalue weighted by Gasteiger charge is 2.39. The molecule has 3 atom stereocenters. The SMILES string of the molecule is CNC(=O)C[C@@H]1CC[C@@H]2[C@@H](COc3ccc(NC(=O)Nc4ccccc4F)cc3C(=O)N2C)O1. The molecule has 2 aromatic carbocycles. The van der Waals surface area contributed by atoms with Crippen LogP contribution in [0.4, 0.5) is 20.6 Å². The fourth-order valence-corrected chi connectivity index (χ4v) is 4.26. The molecule has 34 heavy (non-hydrogen) atoms. The zero-order chi connectivity index (χ0) is 24.2. The topological polar surface area (TPSA) is 109 Å². The molecule has 10 heteroatoms. The number of hydrogen-bond donors (Lipinski definition) is 3. The summed E-state index contributed by atoms with van der Waals surface area (Å²) in [6, 6.07) is 9.72. The second-order valence-corrected chi connectivity index (χ2v) is 8.32. The monoisotopic (exact) mass is 470 g/mol. The van der Waals surface area contributed by atoms with Crippen molar-refractivity contribution in [1.82, 2.24) is 10.2 Å². The van der Waals surface area contributed by atoms with Crippen LogP contribution in [-0.2, 0) is 9.53 Å². The molecule has 0 radical (unpaired) electrons. The van der Waals surface area contributed by atoms with Crippen molar-refractivity contribution in [2.24, 2.45) is 0 Å². The van der Waals surface area contributed by atoms with E-state index in [0.29, 0.717) is 29.8 Å². The molecule has 3 N–H and O–H groups in total. The lowest BCUT2D eigenvalue weighted by atomic mass is 9.94. The summed E-state index contributed by atoms with van der Waals surface area (Å²) in [4.78, 5) is 39.0. The van der Waals surface area contributed by atoms with E-state index in [9.17, 15) is 18.8 Å². The van der Waals surface area contributed by atoms with E-state index in [1.165, 1.54) is 24.3 Å². The van der Waals surface area contributed by atoms with Crippen LogP contribution in [0.2, 0.25) is 0 Å². The molecular weight excluding hydrogens is 443 g/mol. The Morgan fingerprint density at radius 1 is 1.15 bits per heavy atom. The number of fused-ring (bicyclic) bond motifs is 2. The molecule has 2 aromatic rings. The molecule has 2 aliphatic rings. The van der Waals surface area contributed by atoms with E-state index in [1.807, 2.05) is 0 Å². The molecule has 0 saturated carbocycles. The number of carbonyl (C=O) groups excluding carboxylic acids is 3. The summed E-state index contributed by atoms with van der Waals surface area (Å²) >= 11 is 0. The van der Waals surface area contributed by atoms with Crippen molar-refractivity contribution >= 4 is 29.2 Å². The first-order valence-corrected chi connectivity index (χ1v) is 11.1. The van der Waals surface area contributed by atoms with Crippen LogP contribution in [0.1, 0.15) is 29.6 Å². The average Bonchev–Trinajstić information content (AvgIpc) is 2.83. The lowest BCUT2D eigenvalue weighted by molar-refractivity contribution is -0.133. The number of carbonyl (C=O) groups is 3. The van der Waals surface area contributed by atoms with Crippen LogP contribution in [0.25, 0.3) is 0 Å². The highest BCUT2D eigenvalue weighted by molar-refractivity contribution is 6.02. The Morgan fingerprint density at radius 3 is 2.71 bits per heavy atom. The second-order valence-electron chi connectivity index (χ2n) is 8.32. The van der Waals surface area contributed by atoms with Gasteiger partial charge in [-0.3, -0.25) is 9.59 Å². The van der Waals surface area contributed by atoms with Gasteiger partial charge in [0.25, 0.3) is 5.91 Å². The van der Waals surface area contributed by atoms with Crippen LogP contribution in [0.3, 0.4) is 0 Å². The Labute approximate surface area is 196 Å². The molecule has 1 saturated heterocycles. The van der Waals surface area contributed by atoms with Crippen LogP contribution in [0.5, 0.6) is 5.75 Å². The van der Waals surface area contributed by atoms with Crippen molar-refractivity contribution in [3.8, 4) is 5.75 Å². The number of nitrogens with zero attached hydrogens (tertiary/aromatic N) is 1. The van der Waals surface area contributed by atoms with Gasteiger partial charge in [0.05, 0.1) is 29.8 Å². The smallest absolute Gasteiger partial charge is 0.323 e. The fraction of sp³-hybridized carbons (Fsp3) is 0.375. The summed E-state index contributed by atoms with van der Waals surface area (Å²) in [5.74, 6) is -0.546. The minimum Gasteiger partial charge on any atom is -0.490 e. The van der Waals surface area contributed by atoms with Crippen molar-refractivity contribution in [1.29, 1.82) is 0 Å². The van der Waals surface area contributed by atoms with Gasteiger partial charge in [0.15, 0.2) is 0 Å². The molecule has 0 aromatic heterocycles. The van der Waals surface area contributed by atoms with Crippen molar-refractivity contribution in [3.63, 3.8) is 0 Å². The molecule has 1 fully saturated rings. The highest BCUT2D eigenvalue weighted by atomic mass is 19.1. The van der Waals surface area contributed by atoms with Gasteiger partial charge < -0.3 is 30.3 Å². The van der Waals surface area contributed by atoms with Gasteiger partial charge in [0.1, 0.15) is 24.3 Å². The number of benzene rings is 2. The standard InChI is InChI=1S/C24H27FN4O5/c1-26-22(30)12-15-8-9-19-21(34-15)13-33-20-10-7-14(11-16(20)23(31)29(19)2)27-24(32)28-18-6-4-3-5-17(18)25/h3-7,10-11,15,19,21H,8-9,12-13H2,1-2H3,(H,26,30)(H2,27,28,32)/t15-,19+,21+/m0/s1. The Balaban J connectivity index is 1.48. The van der Waals surface area contributed by atoms with Crippen molar-refractivity contribution in [2.45, 2.75) is 37.5 Å². The zero-order valence-electron chi connectivity index (χ0n) is 19.0. The van der Waals surface area contributed by atoms with Crippen LogP contribution in [-0.4, -0.2) is 61.7 Å². The predicted octanol–water partition coefficient (Wildman–Crippen LogP) is 2.99. The van der Waals surface area contributed by atoms with Crippen molar-refractivity contribution < 1.29 is 28.2 Å². The van der Waals surface area contributed by atoms with E-state index < -0.39 is 11.8 Å². The van der Waals surface area contributed by atoms with E-state index >= 15 is 0 Å². The minimum absolute atomic E-state index is 0.0449. The van der Waals surface area contributed by atoms with E-state index in [4.69, 9.17) is 9.47 Å². The number of urea groups is 1. The van der Waals surface area contributed by atoms with E-state index in [1.54, 1.807) is 37.2 Å². The summed E-state index contributed by atoms with van der Waals surface area (Å²) in [6.45, 7) is 0.222. The Bertz CT molecular complexity index is 1090. The Morgan fingerprint density at radius 2 is 1.94 bits per heavy atom. The molecule has 0 spiro atoms. The summed E-state index contributed by atoms with van der Waals surface area (Å²) in [5.41, 5.74) is 0.709. The summed E-state index contributed by atoms with van der Waals surface area (Å²) in [7, 11) is 3.30. The minimum atomic E-state index is -0.638. The molecule has 2 aliphatic heterocycles. The van der Waals surface area contributed by atoms with Crippen LogP contribution < -0.4 is 20.7 Å². The fourth-order valence-electron chi connectivity index (χ4n) is 4.26. The molecule has 180 valence electrons. The van der Waals surface area contributed by atoms with Gasteiger partial charge in [-0.05, 0) is 43.2 Å². The third-order valence-corrected chi connectivity index (χ3v) is 6.08. The maximum atomic E-state index is 13.8. The maximum Gasteiger partial charge on any atom is 0.323 e. The third kappa shape index (κ3) is 5.12. The number of likely N-dealkylation sites (N-methyl/N-ethyl adjacent to an activating group) is 1. The molecule has 2 heterocycles. The Kier molecular flexibility index (Phi) is 6.97. The number of amides is 4. The lowest BCUT2D eigenvalue weighted by Crippen LogP contribution is -2.53. The molecule has 0 unspecified atom stereocenters. The zero-order valence-corrected chi connectivity index (χ0v) is 19.0. The number of halogens is 1. The van der Waals surface area contributed by atoms with Gasteiger partial charge in [-0.1, -0.05) is 12.1 Å². The first kappa shape index (κ1) is 23.5. The molecular formula is C24H27FN4O5. The molecule has 0 bridgehead atoms. The second kappa shape index (κ2) is 10.1. The van der Waals surface area contributed by atoms with Crippen LogP contribution in [0.15, 0.2) is 42.5 Å². The molecule has 0 aliphatic carbocycles. The maximum absolute atomic E-state index is 13.8. The molecule has 4 rings (SSSR count). The summed E-state index contributed by atoms with van der Waals surface area (Å²) in [6.07, 6.45) is 0.993. The van der Waals surface area contributed by atoms with E-state index in [-0.39, 0.29) is 48.8 Å². The normalized spacial score (nSPS) is 21.8. The number of rotatable bonds is 4. The summed E-state index contributed by atoms with van der Waals surface area (Å²) in [5, 5.41) is 7.67. The first-order valence-electron chi connectivity index (χ1n) is 11.1. The van der Waals surface area contributed by atoms with Crippen molar-refractivity contribution in [2.75, 3.05) is 31.3 Å². The van der Waals surface area contributed by atoms with Crippen molar-refractivity contribution in [3.05, 3.63) is 53.8 Å². The number of hydrogen-bond acceptors (Lipinski definition) is 5. The summed E-state index contributed by atoms with van der Waals surface area (Å²) < 4.78 is 25.8. The average molecular weight is 471 g/mol. The predicted molar refractivity (Wildman–Crippen MR) is 123 cm³/mol. The van der Waals surface area contributed by atoms with Gasteiger partial charge in [-0.2, -0.15) is 0 Å². The van der Waals surface area contributed by atoms with Crippen LogP contribution >= 0.6 is 0 Å². The van der Waals surface area contributed by atoms with Gasteiger partial charge in [-0.25, -0.2) is 9.18 Å². The third-order valence-electron chi connectivity index (χ3n) is 6.08. The Hall–Kier alpha value is -3.66. The number of ether oxygens (including phenoxy) is 2. The van der Waals surface area contributed by atoms with Gasteiger partial charge >= 0.3 is 6.03 Å². The number of anilines is 2. The van der Waals surface area contributed by atoms with Gasteiger partial charge in [-0.15, -0.1) is 0 Å². The molecule has 9 nitrogen and oxygen atoms in total. The number of para-hydroxylation sites is 1. The van der Waals surface area contributed by atoms with Crippen LogP contribution in [0, 0.1) is 5.82 Å². The first-order chi connectivity index (χ1) is 16.4. The van der Waals surface area contributed by atoms with E-state index in [2.05, 4.69) is 16.0 Å². The van der Waals surface area contributed by atoms with Gasteiger partial charge in [0.2, 0.25) is 5.91 Å². The van der Waals surface area contributed by atoms with E-state index in [0.717, 1.165) is 0 Å².